The molecule has 0 aliphatic carbocycles. The Morgan fingerprint density at radius 3 is 2.56 bits per heavy atom. The monoisotopic (exact) mass is 621 g/mol. The molecule has 1 saturated heterocycles. The van der Waals surface area contributed by atoms with Crippen LogP contribution in [0.5, 0.6) is 11.5 Å². The van der Waals surface area contributed by atoms with E-state index in [9.17, 15) is 23.5 Å². The fourth-order valence-corrected chi connectivity index (χ4v) is 6.31. The molecule has 2 heterocycles. The molecule has 0 bridgehead atoms. The van der Waals surface area contributed by atoms with Crippen molar-refractivity contribution in [2.24, 2.45) is 0 Å². The summed E-state index contributed by atoms with van der Waals surface area (Å²) in [5, 5.41) is 19.7. The number of hydrogen-bond donors (Lipinski definition) is 1. The highest BCUT2D eigenvalue weighted by atomic mass is 32.2. The molecule has 3 aromatic carbocycles. The molecule has 1 fully saturated rings. The van der Waals surface area contributed by atoms with Crippen LogP contribution in [0.2, 0.25) is 0 Å². The molecular formula is C31H25F2N3O5S2. The quantitative estimate of drug-likeness (QED) is 0.0493. The molecule has 220 valence electrons. The van der Waals surface area contributed by atoms with Gasteiger partial charge in [-0.1, -0.05) is 60.0 Å². The summed E-state index contributed by atoms with van der Waals surface area (Å²) >= 11 is 2.28. The van der Waals surface area contributed by atoms with Gasteiger partial charge < -0.3 is 14.6 Å². The standard InChI is InChI=1S/C31H25F2N3O5S2/c1-3-15-41-23-14-11-19(16-24(23)40-4-2)26-25(27(37)18-9-12-21(32)13-10-18)28(38)29(39)36(26)30-34-35-31(43-30)42-17-20-7-5-6-8-22(20)33/h3,5-14,16,26,37H,1,4,15,17H2,2H3/b27-25+. The Bertz CT molecular complexity index is 1710. The van der Waals surface area contributed by atoms with Gasteiger partial charge in [0.2, 0.25) is 5.13 Å². The van der Waals surface area contributed by atoms with Gasteiger partial charge in [-0.3, -0.25) is 14.5 Å². The number of thioether (sulfide) groups is 1. The second-order valence-electron chi connectivity index (χ2n) is 9.15. The summed E-state index contributed by atoms with van der Waals surface area (Å²) in [6.07, 6.45) is 1.58. The summed E-state index contributed by atoms with van der Waals surface area (Å²) < 4.78 is 39.7. The maximum absolute atomic E-state index is 14.1. The summed E-state index contributed by atoms with van der Waals surface area (Å²) in [6.45, 7) is 5.98. The van der Waals surface area contributed by atoms with Crippen molar-refractivity contribution in [3.05, 3.63) is 113 Å². The minimum absolute atomic E-state index is 0.103. The van der Waals surface area contributed by atoms with E-state index in [2.05, 4.69) is 16.8 Å². The number of Topliss-reactive ketones (excluding diaryl/α,β-unsaturated/α-hetero) is 1. The fraction of sp³-hybridized carbons (Fsp3) is 0.161. The SMILES string of the molecule is C=CCOc1ccc(C2/C(=C(\O)c3ccc(F)cc3)C(=O)C(=O)N2c2nnc(SCc3ccccc3F)s2)cc1OCC. The van der Waals surface area contributed by atoms with E-state index in [0.717, 1.165) is 28.4 Å². The Morgan fingerprint density at radius 2 is 1.84 bits per heavy atom. The third-order valence-corrected chi connectivity index (χ3v) is 8.52. The van der Waals surface area contributed by atoms with Gasteiger partial charge in [-0.25, -0.2) is 8.78 Å². The third-order valence-electron chi connectivity index (χ3n) is 6.41. The van der Waals surface area contributed by atoms with Crippen LogP contribution in [0.3, 0.4) is 0 Å². The number of ketones is 1. The Hall–Kier alpha value is -4.55. The molecule has 0 radical (unpaired) electrons. The summed E-state index contributed by atoms with van der Waals surface area (Å²) in [5.74, 6) is -2.19. The summed E-state index contributed by atoms with van der Waals surface area (Å²) in [7, 11) is 0. The van der Waals surface area contributed by atoms with Crippen molar-refractivity contribution in [3.8, 4) is 11.5 Å². The van der Waals surface area contributed by atoms with Gasteiger partial charge in [-0.05, 0) is 60.5 Å². The number of benzene rings is 3. The molecule has 1 unspecified atom stereocenters. The number of anilines is 1. The largest absolute Gasteiger partial charge is 0.507 e. The molecule has 1 N–H and O–H groups in total. The number of amides is 1. The lowest BCUT2D eigenvalue weighted by Crippen LogP contribution is -2.29. The summed E-state index contributed by atoms with van der Waals surface area (Å²) in [5.41, 5.74) is 0.840. The highest BCUT2D eigenvalue weighted by molar-refractivity contribution is 8.00. The van der Waals surface area contributed by atoms with Crippen molar-refractivity contribution < 1.29 is 33.0 Å². The van der Waals surface area contributed by atoms with E-state index in [1.807, 2.05) is 0 Å². The van der Waals surface area contributed by atoms with Gasteiger partial charge in [0.15, 0.2) is 15.8 Å². The third kappa shape index (κ3) is 6.30. The highest BCUT2D eigenvalue weighted by Gasteiger charge is 2.48. The number of aromatic nitrogens is 2. The Morgan fingerprint density at radius 1 is 1.07 bits per heavy atom. The van der Waals surface area contributed by atoms with Crippen molar-refractivity contribution >= 4 is 45.7 Å². The van der Waals surface area contributed by atoms with Crippen LogP contribution >= 0.6 is 23.1 Å². The van der Waals surface area contributed by atoms with Gasteiger partial charge in [0.25, 0.3) is 5.78 Å². The van der Waals surface area contributed by atoms with E-state index in [1.165, 1.54) is 30.0 Å². The molecule has 1 aliphatic rings. The zero-order valence-corrected chi connectivity index (χ0v) is 24.5. The fourth-order valence-electron chi connectivity index (χ4n) is 4.45. The lowest BCUT2D eigenvalue weighted by Gasteiger charge is -2.23. The van der Waals surface area contributed by atoms with Gasteiger partial charge >= 0.3 is 5.91 Å². The van der Waals surface area contributed by atoms with Gasteiger partial charge in [0.05, 0.1) is 18.2 Å². The Balaban J connectivity index is 1.58. The molecule has 1 atom stereocenters. The first-order chi connectivity index (χ1) is 20.8. The first-order valence-electron chi connectivity index (χ1n) is 13.1. The van der Waals surface area contributed by atoms with Gasteiger partial charge in [-0.2, -0.15) is 0 Å². The first kappa shape index (κ1) is 29.9. The van der Waals surface area contributed by atoms with E-state index in [4.69, 9.17) is 9.47 Å². The van der Waals surface area contributed by atoms with Crippen LogP contribution in [0.15, 0.2) is 89.3 Å². The van der Waals surface area contributed by atoms with E-state index in [1.54, 1.807) is 49.4 Å². The number of ether oxygens (including phenoxy) is 2. The predicted molar refractivity (Wildman–Crippen MR) is 160 cm³/mol. The zero-order chi connectivity index (χ0) is 30.5. The average molecular weight is 622 g/mol. The van der Waals surface area contributed by atoms with E-state index < -0.39 is 29.3 Å². The van der Waals surface area contributed by atoms with Crippen LogP contribution in [0.25, 0.3) is 5.76 Å². The van der Waals surface area contributed by atoms with E-state index in [-0.39, 0.29) is 34.4 Å². The maximum atomic E-state index is 14.1. The minimum Gasteiger partial charge on any atom is -0.507 e. The Kier molecular flexibility index (Phi) is 9.17. The number of carbonyl (C=O) groups is 2. The molecule has 8 nitrogen and oxygen atoms in total. The van der Waals surface area contributed by atoms with Gasteiger partial charge in [0.1, 0.15) is 24.0 Å². The summed E-state index contributed by atoms with van der Waals surface area (Å²) in [4.78, 5) is 28.2. The highest BCUT2D eigenvalue weighted by Crippen LogP contribution is 2.45. The maximum Gasteiger partial charge on any atom is 0.301 e. The molecule has 43 heavy (non-hydrogen) atoms. The van der Waals surface area contributed by atoms with Crippen LogP contribution in [0.4, 0.5) is 13.9 Å². The normalized spacial score (nSPS) is 16.0. The zero-order valence-electron chi connectivity index (χ0n) is 22.8. The van der Waals surface area contributed by atoms with Gasteiger partial charge in [0, 0.05) is 11.3 Å². The Labute approximate surface area is 254 Å². The van der Waals surface area contributed by atoms with Crippen molar-refractivity contribution in [1.29, 1.82) is 0 Å². The van der Waals surface area contributed by atoms with Crippen molar-refractivity contribution in [2.45, 2.75) is 23.1 Å². The molecule has 1 amide bonds. The number of carbonyl (C=O) groups excluding carboxylic acids is 2. The molecule has 12 heteroatoms. The van der Waals surface area contributed by atoms with Crippen LogP contribution in [-0.2, 0) is 15.3 Å². The molecule has 1 aromatic heterocycles. The first-order valence-corrected chi connectivity index (χ1v) is 14.9. The number of rotatable bonds is 11. The molecule has 5 rings (SSSR count). The average Bonchev–Trinajstić information content (AvgIpc) is 3.58. The van der Waals surface area contributed by atoms with E-state index >= 15 is 0 Å². The number of hydrogen-bond acceptors (Lipinski definition) is 9. The lowest BCUT2D eigenvalue weighted by atomic mass is 9.95. The van der Waals surface area contributed by atoms with Crippen molar-refractivity contribution in [3.63, 3.8) is 0 Å². The smallest absolute Gasteiger partial charge is 0.301 e. The van der Waals surface area contributed by atoms with Crippen LogP contribution in [-0.4, -0.2) is 40.2 Å². The van der Waals surface area contributed by atoms with Crippen molar-refractivity contribution in [1.82, 2.24) is 10.2 Å². The second-order valence-corrected chi connectivity index (χ2v) is 11.3. The number of aliphatic hydroxyl groups is 1. The van der Waals surface area contributed by atoms with Crippen LogP contribution < -0.4 is 14.4 Å². The second kappa shape index (κ2) is 13.2. The molecule has 0 spiro atoms. The van der Waals surface area contributed by atoms with Crippen LogP contribution in [0, 0.1) is 11.6 Å². The van der Waals surface area contributed by atoms with Crippen LogP contribution in [0.1, 0.15) is 29.7 Å². The molecule has 0 saturated carbocycles. The van der Waals surface area contributed by atoms with Crippen molar-refractivity contribution in [2.75, 3.05) is 18.1 Å². The number of aliphatic hydroxyl groups excluding tert-OH is 1. The van der Waals surface area contributed by atoms with E-state index in [0.29, 0.717) is 33.6 Å². The topological polar surface area (TPSA) is 102 Å². The predicted octanol–water partition coefficient (Wildman–Crippen LogP) is 6.70. The molecule has 1 aliphatic heterocycles. The number of halogens is 2. The minimum atomic E-state index is -1.13. The van der Waals surface area contributed by atoms with Gasteiger partial charge in [-0.15, -0.1) is 10.2 Å². The molecular weight excluding hydrogens is 596 g/mol. The number of nitrogens with zero attached hydrogens (tertiary/aromatic N) is 3. The lowest BCUT2D eigenvalue weighted by molar-refractivity contribution is -0.132. The molecule has 4 aromatic rings. The summed E-state index contributed by atoms with van der Waals surface area (Å²) in [6, 6.07) is 15.1.